The van der Waals surface area contributed by atoms with Crippen molar-refractivity contribution in [1.29, 1.82) is 0 Å². The van der Waals surface area contributed by atoms with Crippen molar-refractivity contribution in [1.82, 2.24) is 0 Å². The summed E-state index contributed by atoms with van der Waals surface area (Å²) in [4.78, 5) is 0. The van der Waals surface area contributed by atoms with Crippen LogP contribution in [0.1, 0.15) is 5.56 Å². The van der Waals surface area contributed by atoms with E-state index in [2.05, 4.69) is 31.2 Å². The summed E-state index contributed by atoms with van der Waals surface area (Å²) >= 11 is -0.580. The second-order valence-corrected chi connectivity index (χ2v) is 5.57. The molecule has 0 aromatic heterocycles. The zero-order valence-corrected chi connectivity index (χ0v) is 8.89. The molecular formula is C7H7SSn. The van der Waals surface area contributed by atoms with Gasteiger partial charge in [0.25, 0.3) is 0 Å². The van der Waals surface area contributed by atoms with Crippen molar-refractivity contribution in [3.8, 4) is 0 Å². The van der Waals surface area contributed by atoms with Gasteiger partial charge in [0.1, 0.15) is 0 Å². The Labute approximate surface area is 68.7 Å². The van der Waals surface area contributed by atoms with Crippen LogP contribution in [0.5, 0.6) is 0 Å². The summed E-state index contributed by atoms with van der Waals surface area (Å²) in [6.45, 7) is 2.10. The average Bonchev–Trinajstić information content (AvgIpc) is 1.90. The first-order valence-corrected chi connectivity index (χ1v) is 8.11. The van der Waals surface area contributed by atoms with Gasteiger partial charge in [0.05, 0.1) is 0 Å². The second kappa shape index (κ2) is 3.42. The maximum atomic E-state index is 5.03. The van der Waals surface area contributed by atoms with Gasteiger partial charge >= 0.3 is 68.8 Å². The Balaban J connectivity index is 3.01. The zero-order valence-electron chi connectivity index (χ0n) is 5.22. The number of hydrogen-bond donors (Lipinski definition) is 0. The number of hydrogen-bond acceptors (Lipinski definition) is 1. The van der Waals surface area contributed by atoms with Gasteiger partial charge in [-0.1, -0.05) is 0 Å². The Bertz CT molecular complexity index is 203. The molecule has 0 spiro atoms. The number of rotatable bonds is 1. The summed E-state index contributed by atoms with van der Waals surface area (Å²) in [5.41, 5.74) is 1.32. The van der Waals surface area contributed by atoms with E-state index in [1.54, 1.807) is 0 Å². The number of aryl methyl sites for hydroxylation is 1. The van der Waals surface area contributed by atoms with E-state index in [9.17, 15) is 0 Å². The van der Waals surface area contributed by atoms with Crippen molar-refractivity contribution in [3.63, 3.8) is 0 Å². The molecule has 2 heteroatoms. The molecule has 0 nitrogen and oxygen atoms in total. The molecule has 0 aliphatic rings. The molecule has 9 heavy (non-hydrogen) atoms. The second-order valence-electron chi connectivity index (χ2n) is 1.97. The van der Waals surface area contributed by atoms with Gasteiger partial charge in [-0.2, -0.15) is 0 Å². The summed E-state index contributed by atoms with van der Waals surface area (Å²) in [5, 5.41) is 0. The fourth-order valence-corrected chi connectivity index (χ4v) is 2.40. The van der Waals surface area contributed by atoms with Crippen LogP contribution in [0.2, 0.25) is 0 Å². The first kappa shape index (κ1) is 7.35. The molecule has 45 valence electrons. The molecule has 0 aliphatic heterocycles. The van der Waals surface area contributed by atoms with Crippen molar-refractivity contribution < 1.29 is 0 Å². The molecule has 0 atom stereocenters. The Morgan fingerprint density at radius 1 is 1.22 bits per heavy atom. The first-order valence-electron chi connectivity index (χ1n) is 2.78. The van der Waals surface area contributed by atoms with Crippen LogP contribution in [0.4, 0.5) is 0 Å². The van der Waals surface area contributed by atoms with Gasteiger partial charge in [-0.05, 0) is 0 Å². The predicted molar refractivity (Wildman–Crippen MR) is 44.2 cm³/mol. The molecular weight excluding hydrogens is 235 g/mol. The fourth-order valence-electron chi connectivity index (χ4n) is 0.622. The van der Waals surface area contributed by atoms with Gasteiger partial charge in [-0.15, -0.1) is 0 Å². The van der Waals surface area contributed by atoms with Crippen molar-refractivity contribution >= 4 is 32.1 Å². The van der Waals surface area contributed by atoms with Crippen molar-refractivity contribution in [2.75, 3.05) is 0 Å². The SMILES string of the molecule is Cc1cc[c]([Sn]=[S])cc1. The van der Waals surface area contributed by atoms with Crippen LogP contribution in [0.25, 0.3) is 0 Å². The molecule has 0 saturated carbocycles. The van der Waals surface area contributed by atoms with Crippen molar-refractivity contribution in [3.05, 3.63) is 29.8 Å². The van der Waals surface area contributed by atoms with E-state index in [-0.39, 0.29) is 0 Å². The van der Waals surface area contributed by atoms with Gasteiger partial charge in [0.2, 0.25) is 0 Å². The quantitative estimate of drug-likeness (QED) is 0.671. The van der Waals surface area contributed by atoms with E-state index >= 15 is 0 Å². The molecule has 0 amide bonds. The van der Waals surface area contributed by atoms with Crippen LogP contribution in [0.3, 0.4) is 0 Å². The Kier molecular flexibility index (Phi) is 2.79. The molecule has 0 unspecified atom stereocenters. The normalized spacial score (nSPS) is 9.00. The van der Waals surface area contributed by atoms with Crippen molar-refractivity contribution in [2.45, 2.75) is 6.92 Å². The molecule has 0 saturated heterocycles. The minimum atomic E-state index is -0.580. The van der Waals surface area contributed by atoms with Gasteiger partial charge in [0.15, 0.2) is 0 Å². The molecule has 1 radical (unpaired) electrons. The van der Waals surface area contributed by atoms with E-state index in [0.717, 1.165) is 0 Å². The topological polar surface area (TPSA) is 0 Å². The molecule has 0 bridgehead atoms. The zero-order chi connectivity index (χ0) is 6.69. The Morgan fingerprint density at radius 2 is 1.78 bits per heavy atom. The summed E-state index contributed by atoms with van der Waals surface area (Å²) in [7, 11) is 5.03. The van der Waals surface area contributed by atoms with Crippen LogP contribution in [-0.2, 0) is 0 Å². The third-order valence-electron chi connectivity index (χ3n) is 1.17. The van der Waals surface area contributed by atoms with Gasteiger partial charge < -0.3 is 0 Å². The van der Waals surface area contributed by atoms with Gasteiger partial charge in [-0.25, -0.2) is 0 Å². The molecule has 0 N–H and O–H groups in total. The van der Waals surface area contributed by atoms with Crippen LogP contribution in [-0.4, -0.2) is 19.2 Å². The standard InChI is InChI=1S/C7H7.S.Sn/c1-7-5-3-2-4-6-7;;/h3-6H,1H3;;. The molecule has 0 fully saturated rings. The summed E-state index contributed by atoms with van der Waals surface area (Å²) < 4.78 is 1.40. The minimum absolute atomic E-state index is 0.580. The molecule has 1 aromatic carbocycles. The average molecular weight is 242 g/mol. The molecule has 0 aliphatic carbocycles. The predicted octanol–water partition coefficient (Wildman–Crippen LogP) is 1.44. The third kappa shape index (κ3) is 2.14. The van der Waals surface area contributed by atoms with Crippen LogP contribution < -0.4 is 3.58 Å². The van der Waals surface area contributed by atoms with Crippen LogP contribution in [0.15, 0.2) is 24.3 Å². The molecule has 1 rings (SSSR count). The summed E-state index contributed by atoms with van der Waals surface area (Å²) in [6, 6.07) is 8.55. The van der Waals surface area contributed by atoms with Gasteiger partial charge in [-0.3, -0.25) is 0 Å². The fraction of sp³-hybridized carbons (Fsp3) is 0.143. The van der Waals surface area contributed by atoms with Gasteiger partial charge in [0, 0.05) is 0 Å². The Morgan fingerprint density at radius 3 is 2.22 bits per heavy atom. The van der Waals surface area contributed by atoms with E-state index in [0.29, 0.717) is 0 Å². The first-order chi connectivity index (χ1) is 4.33. The van der Waals surface area contributed by atoms with E-state index in [1.807, 2.05) is 0 Å². The van der Waals surface area contributed by atoms with E-state index in [4.69, 9.17) is 9.29 Å². The Hall–Kier alpha value is 0.239. The summed E-state index contributed by atoms with van der Waals surface area (Å²) in [5.74, 6) is 0. The van der Waals surface area contributed by atoms with Crippen LogP contribution in [0, 0.1) is 6.92 Å². The molecule has 0 heterocycles. The van der Waals surface area contributed by atoms with Crippen molar-refractivity contribution in [2.24, 2.45) is 0 Å². The van der Waals surface area contributed by atoms with E-state index in [1.165, 1.54) is 9.14 Å². The molecule has 1 aromatic rings. The van der Waals surface area contributed by atoms with Crippen LogP contribution >= 0.6 is 9.29 Å². The monoisotopic (exact) mass is 243 g/mol. The third-order valence-corrected chi connectivity index (χ3v) is 4.37. The maximum absolute atomic E-state index is 5.03. The number of benzene rings is 1. The van der Waals surface area contributed by atoms with E-state index < -0.39 is 19.2 Å². The summed E-state index contributed by atoms with van der Waals surface area (Å²) in [6.07, 6.45) is 0.